The molecule has 0 bridgehead atoms. The van der Waals surface area contributed by atoms with E-state index in [1.807, 2.05) is 0 Å². The average Bonchev–Trinajstić information content (AvgIpc) is 1.78. The van der Waals surface area contributed by atoms with Crippen molar-refractivity contribution < 1.29 is 13.2 Å². The Balaban J connectivity index is 4.52. The maximum Gasteiger partial charge on any atom is 0.225 e. The fourth-order valence-corrected chi connectivity index (χ4v) is 2.17. The summed E-state index contributed by atoms with van der Waals surface area (Å²) in [4.78, 5) is 10.6. The molecular weight excluding hydrogens is 206 g/mol. The molecule has 7 heteroatoms. The predicted molar refractivity (Wildman–Crippen MR) is 50.4 cm³/mol. The van der Waals surface area contributed by atoms with Crippen molar-refractivity contribution in [2.24, 2.45) is 5.73 Å². The normalized spacial score (nSPS) is 12.1. The third-order valence-electron chi connectivity index (χ3n) is 1.30. The SMILES string of the molecule is CC(C)(CC(N)=O)NS(=O)(=O)CC#N. The quantitative estimate of drug-likeness (QED) is 0.622. The van der Waals surface area contributed by atoms with Gasteiger partial charge in [-0.1, -0.05) is 0 Å². The van der Waals surface area contributed by atoms with Crippen LogP contribution in [0.15, 0.2) is 0 Å². The summed E-state index contributed by atoms with van der Waals surface area (Å²) >= 11 is 0. The van der Waals surface area contributed by atoms with Crippen LogP contribution in [0.1, 0.15) is 20.3 Å². The molecule has 0 aliphatic carbocycles. The Morgan fingerprint density at radius 2 is 2.07 bits per heavy atom. The van der Waals surface area contributed by atoms with Crippen LogP contribution >= 0.6 is 0 Å². The molecule has 0 saturated heterocycles. The number of nitrogens with two attached hydrogens (primary N) is 1. The molecule has 0 aromatic carbocycles. The van der Waals surface area contributed by atoms with E-state index in [0.29, 0.717) is 0 Å². The third kappa shape index (κ3) is 5.50. The van der Waals surface area contributed by atoms with E-state index in [9.17, 15) is 13.2 Å². The van der Waals surface area contributed by atoms with E-state index in [1.54, 1.807) is 0 Å². The zero-order valence-electron chi connectivity index (χ0n) is 8.07. The van der Waals surface area contributed by atoms with Crippen molar-refractivity contribution in [2.75, 3.05) is 5.75 Å². The number of carbonyl (C=O) groups is 1. The molecule has 0 aromatic heterocycles. The summed E-state index contributed by atoms with van der Waals surface area (Å²) in [6, 6.07) is 1.52. The van der Waals surface area contributed by atoms with Gasteiger partial charge in [-0.25, -0.2) is 13.1 Å². The van der Waals surface area contributed by atoms with Crippen LogP contribution in [0.25, 0.3) is 0 Å². The molecule has 1 amide bonds. The molecular formula is C7H13N3O3S. The second kappa shape index (κ2) is 4.39. The van der Waals surface area contributed by atoms with E-state index in [2.05, 4.69) is 4.72 Å². The molecule has 0 radical (unpaired) electrons. The minimum atomic E-state index is -3.65. The van der Waals surface area contributed by atoms with E-state index < -0.39 is 27.2 Å². The first-order chi connectivity index (χ1) is 6.18. The Bertz CT molecular complexity index is 353. The minimum absolute atomic E-state index is 0.113. The molecule has 0 spiro atoms. The lowest BCUT2D eigenvalue weighted by Crippen LogP contribution is -2.46. The number of nitriles is 1. The van der Waals surface area contributed by atoms with Gasteiger partial charge in [0, 0.05) is 12.0 Å². The van der Waals surface area contributed by atoms with Crippen molar-refractivity contribution in [3.8, 4) is 6.07 Å². The number of carbonyl (C=O) groups excluding carboxylic acids is 1. The molecule has 0 aromatic rings. The Labute approximate surface area is 83.1 Å². The summed E-state index contributed by atoms with van der Waals surface area (Å²) in [6.45, 7) is 3.04. The van der Waals surface area contributed by atoms with Crippen LogP contribution in [0.3, 0.4) is 0 Å². The molecule has 0 aliphatic heterocycles. The van der Waals surface area contributed by atoms with Gasteiger partial charge in [-0.2, -0.15) is 5.26 Å². The second-order valence-corrected chi connectivity index (χ2v) is 5.27. The van der Waals surface area contributed by atoms with E-state index in [0.717, 1.165) is 0 Å². The Hall–Kier alpha value is -1.13. The van der Waals surface area contributed by atoms with Gasteiger partial charge >= 0.3 is 0 Å². The maximum absolute atomic E-state index is 11.1. The van der Waals surface area contributed by atoms with Crippen molar-refractivity contribution in [3.05, 3.63) is 0 Å². The molecule has 0 atom stereocenters. The number of sulfonamides is 1. The van der Waals surface area contributed by atoms with Crippen LogP contribution in [0.4, 0.5) is 0 Å². The predicted octanol–water partition coefficient (Wildman–Crippen LogP) is -0.917. The van der Waals surface area contributed by atoms with Gasteiger partial charge in [0.05, 0.1) is 6.07 Å². The van der Waals surface area contributed by atoms with Crippen LogP contribution in [-0.2, 0) is 14.8 Å². The van der Waals surface area contributed by atoms with Crippen LogP contribution in [-0.4, -0.2) is 25.6 Å². The summed E-state index contributed by atoms with van der Waals surface area (Å²) in [5.41, 5.74) is 3.98. The second-order valence-electron chi connectivity index (χ2n) is 3.55. The van der Waals surface area contributed by atoms with Crippen LogP contribution in [0.2, 0.25) is 0 Å². The first kappa shape index (κ1) is 12.9. The number of rotatable bonds is 5. The lowest BCUT2D eigenvalue weighted by atomic mass is 10.0. The van der Waals surface area contributed by atoms with E-state index in [-0.39, 0.29) is 6.42 Å². The molecule has 0 fully saturated rings. The number of nitrogens with zero attached hydrogens (tertiary/aromatic N) is 1. The van der Waals surface area contributed by atoms with Crippen LogP contribution in [0.5, 0.6) is 0 Å². The highest BCUT2D eigenvalue weighted by Crippen LogP contribution is 2.09. The standard InChI is InChI=1S/C7H13N3O3S/c1-7(2,5-6(9)11)10-14(12,13)4-3-8/h10H,4-5H2,1-2H3,(H2,9,11). The fourth-order valence-electron chi connectivity index (χ4n) is 1.01. The van der Waals surface area contributed by atoms with Crippen LogP contribution < -0.4 is 10.5 Å². The number of amides is 1. The van der Waals surface area contributed by atoms with E-state index >= 15 is 0 Å². The van der Waals surface area contributed by atoms with E-state index in [1.165, 1.54) is 19.9 Å². The molecule has 3 N–H and O–H groups in total. The number of hydrogen-bond donors (Lipinski definition) is 2. The number of hydrogen-bond acceptors (Lipinski definition) is 4. The minimum Gasteiger partial charge on any atom is -0.370 e. The smallest absolute Gasteiger partial charge is 0.225 e. The summed E-state index contributed by atoms with van der Waals surface area (Å²) in [5.74, 6) is -1.23. The molecule has 14 heavy (non-hydrogen) atoms. The molecule has 0 saturated carbocycles. The van der Waals surface area contributed by atoms with Crippen molar-refractivity contribution in [2.45, 2.75) is 25.8 Å². The molecule has 0 rings (SSSR count). The fraction of sp³-hybridized carbons (Fsp3) is 0.714. The maximum atomic E-state index is 11.1. The van der Waals surface area contributed by atoms with Gasteiger partial charge in [-0.05, 0) is 13.8 Å². The monoisotopic (exact) mass is 219 g/mol. The largest absolute Gasteiger partial charge is 0.370 e. The first-order valence-electron chi connectivity index (χ1n) is 3.85. The number of nitrogens with one attached hydrogen (secondary N) is 1. The molecule has 0 heterocycles. The molecule has 0 unspecified atom stereocenters. The Morgan fingerprint density at radius 3 is 2.43 bits per heavy atom. The highest BCUT2D eigenvalue weighted by Gasteiger charge is 2.26. The van der Waals surface area contributed by atoms with Gasteiger partial charge in [-0.3, -0.25) is 4.79 Å². The van der Waals surface area contributed by atoms with Gasteiger partial charge < -0.3 is 5.73 Å². The zero-order chi connectivity index (χ0) is 11.4. The Kier molecular flexibility index (Phi) is 4.04. The number of primary amides is 1. The molecule has 0 aliphatic rings. The zero-order valence-corrected chi connectivity index (χ0v) is 8.89. The highest BCUT2D eigenvalue weighted by atomic mass is 32.2. The van der Waals surface area contributed by atoms with Gasteiger partial charge in [0.15, 0.2) is 5.75 Å². The van der Waals surface area contributed by atoms with Gasteiger partial charge in [0.2, 0.25) is 15.9 Å². The van der Waals surface area contributed by atoms with Crippen molar-refractivity contribution in [3.63, 3.8) is 0 Å². The topological polar surface area (TPSA) is 113 Å². The average molecular weight is 219 g/mol. The van der Waals surface area contributed by atoms with E-state index in [4.69, 9.17) is 11.0 Å². The highest BCUT2D eigenvalue weighted by molar-refractivity contribution is 7.89. The van der Waals surface area contributed by atoms with Crippen molar-refractivity contribution >= 4 is 15.9 Å². The van der Waals surface area contributed by atoms with Crippen LogP contribution in [0, 0.1) is 11.3 Å². The molecule has 6 nitrogen and oxygen atoms in total. The van der Waals surface area contributed by atoms with Gasteiger partial charge in [-0.15, -0.1) is 0 Å². The molecule has 80 valence electrons. The summed E-state index contributed by atoms with van der Waals surface area (Å²) in [6.07, 6.45) is -0.113. The summed E-state index contributed by atoms with van der Waals surface area (Å²) in [5, 5.41) is 8.22. The summed E-state index contributed by atoms with van der Waals surface area (Å²) < 4.78 is 24.5. The lowest BCUT2D eigenvalue weighted by molar-refractivity contribution is -0.119. The first-order valence-corrected chi connectivity index (χ1v) is 5.51. The lowest BCUT2D eigenvalue weighted by Gasteiger charge is -2.23. The third-order valence-corrected chi connectivity index (χ3v) is 2.68. The van der Waals surface area contributed by atoms with Gasteiger partial charge in [0.1, 0.15) is 0 Å². The summed E-state index contributed by atoms with van der Waals surface area (Å²) in [7, 11) is -3.65. The van der Waals surface area contributed by atoms with Crippen molar-refractivity contribution in [1.29, 1.82) is 5.26 Å². The van der Waals surface area contributed by atoms with Crippen molar-refractivity contribution in [1.82, 2.24) is 4.72 Å². The van der Waals surface area contributed by atoms with Gasteiger partial charge in [0.25, 0.3) is 0 Å². The Morgan fingerprint density at radius 1 is 1.57 bits per heavy atom.